The number of esters is 1. The third kappa shape index (κ3) is 4.06. The van der Waals surface area contributed by atoms with Crippen LogP contribution in [0.4, 0.5) is 0 Å². The Kier molecular flexibility index (Phi) is 5.29. The number of sulfone groups is 1. The van der Waals surface area contributed by atoms with Crippen molar-refractivity contribution in [2.75, 3.05) is 25.2 Å². The van der Waals surface area contributed by atoms with Crippen molar-refractivity contribution in [2.45, 2.75) is 12.5 Å². The highest BCUT2D eigenvalue weighted by Crippen LogP contribution is 2.29. The number of rotatable bonds is 5. The van der Waals surface area contributed by atoms with Crippen LogP contribution in [0.25, 0.3) is 22.2 Å². The maximum atomic E-state index is 12.5. The highest BCUT2D eigenvalue weighted by Gasteiger charge is 2.33. The van der Waals surface area contributed by atoms with Crippen molar-refractivity contribution in [3.8, 4) is 11.3 Å². The van der Waals surface area contributed by atoms with Gasteiger partial charge in [0.2, 0.25) is 0 Å². The molecule has 3 aromatic rings. The molecule has 0 radical (unpaired) electrons. The van der Waals surface area contributed by atoms with Crippen LogP contribution >= 0.6 is 0 Å². The molecule has 1 saturated heterocycles. The van der Waals surface area contributed by atoms with Crippen LogP contribution < -0.4 is 0 Å². The van der Waals surface area contributed by atoms with E-state index in [1.807, 2.05) is 30.3 Å². The lowest BCUT2D eigenvalue weighted by Crippen LogP contribution is -2.40. The van der Waals surface area contributed by atoms with E-state index in [2.05, 4.69) is 5.16 Å². The molecule has 2 heterocycles. The Morgan fingerprint density at radius 3 is 2.67 bits per heavy atom. The first kappa shape index (κ1) is 20.1. The summed E-state index contributed by atoms with van der Waals surface area (Å²) in [5, 5.41) is 4.67. The molecule has 1 atom stereocenters. The zero-order valence-corrected chi connectivity index (χ0v) is 17.1. The molecule has 9 heteroatoms. The Labute approximate surface area is 173 Å². The molecular weight excluding hydrogens is 408 g/mol. The highest BCUT2D eigenvalue weighted by atomic mass is 32.2. The van der Waals surface area contributed by atoms with Crippen LogP contribution in [-0.4, -0.2) is 61.6 Å². The van der Waals surface area contributed by atoms with Gasteiger partial charge in [0, 0.05) is 18.7 Å². The minimum Gasteiger partial charge on any atom is -0.452 e. The number of amides is 1. The van der Waals surface area contributed by atoms with Crippen LogP contribution in [0.15, 0.2) is 53.1 Å². The van der Waals surface area contributed by atoms with Gasteiger partial charge in [0.25, 0.3) is 5.91 Å². The van der Waals surface area contributed by atoms with E-state index in [9.17, 15) is 18.0 Å². The molecule has 4 rings (SSSR count). The fourth-order valence-corrected chi connectivity index (χ4v) is 5.24. The zero-order valence-electron chi connectivity index (χ0n) is 16.3. The zero-order chi connectivity index (χ0) is 21.3. The van der Waals surface area contributed by atoms with Crippen molar-refractivity contribution in [3.05, 3.63) is 54.1 Å². The summed E-state index contributed by atoms with van der Waals surface area (Å²) in [4.78, 5) is 26.1. The molecule has 0 saturated carbocycles. The van der Waals surface area contributed by atoms with E-state index in [1.165, 1.54) is 11.9 Å². The van der Waals surface area contributed by atoms with Crippen molar-refractivity contribution < 1.29 is 27.3 Å². The predicted octanol–water partition coefficient (Wildman–Crippen LogP) is 2.30. The molecule has 8 nitrogen and oxygen atoms in total. The number of hydrogen-bond donors (Lipinski definition) is 0. The Morgan fingerprint density at radius 1 is 1.20 bits per heavy atom. The van der Waals surface area contributed by atoms with E-state index in [0.717, 1.165) is 5.56 Å². The number of fused-ring (bicyclic) bond motifs is 1. The summed E-state index contributed by atoms with van der Waals surface area (Å²) in [7, 11) is -1.58. The van der Waals surface area contributed by atoms with Gasteiger partial charge in [-0.1, -0.05) is 35.5 Å². The minimum absolute atomic E-state index is 0.0599. The van der Waals surface area contributed by atoms with Gasteiger partial charge in [-0.15, -0.1) is 0 Å². The minimum atomic E-state index is -3.11. The third-order valence-electron chi connectivity index (χ3n) is 5.22. The van der Waals surface area contributed by atoms with Gasteiger partial charge >= 0.3 is 5.97 Å². The molecular formula is C21H20N2O6S. The fraction of sp³-hybridized carbons (Fsp3) is 0.286. The number of aromatic nitrogens is 1. The summed E-state index contributed by atoms with van der Waals surface area (Å²) >= 11 is 0. The molecule has 1 fully saturated rings. The fourth-order valence-electron chi connectivity index (χ4n) is 3.46. The molecule has 156 valence electrons. The van der Waals surface area contributed by atoms with Gasteiger partial charge in [-0.25, -0.2) is 13.2 Å². The standard InChI is InChI=1S/C21H20N2O6S/c1-23(16-9-10-30(26,27)13-16)19(24)12-28-21(25)15-7-8-18-17(11-15)20(29-22-18)14-5-3-2-4-6-14/h2-8,11,16H,9-10,12-13H2,1H3/t16-/m1/s1. The largest absolute Gasteiger partial charge is 0.452 e. The Balaban J connectivity index is 1.45. The quantitative estimate of drug-likeness (QED) is 0.574. The third-order valence-corrected chi connectivity index (χ3v) is 6.97. The van der Waals surface area contributed by atoms with Gasteiger partial charge in [-0.2, -0.15) is 0 Å². The molecule has 0 aliphatic carbocycles. The number of benzene rings is 2. The Bertz CT molecular complexity index is 1200. The molecule has 1 aliphatic heterocycles. The summed E-state index contributed by atoms with van der Waals surface area (Å²) in [6.07, 6.45) is 0.394. The second-order valence-electron chi connectivity index (χ2n) is 7.25. The van der Waals surface area contributed by atoms with Crippen molar-refractivity contribution in [1.29, 1.82) is 0 Å². The van der Waals surface area contributed by atoms with E-state index in [-0.39, 0.29) is 23.1 Å². The second-order valence-corrected chi connectivity index (χ2v) is 9.48. The van der Waals surface area contributed by atoms with Gasteiger partial charge < -0.3 is 14.2 Å². The number of hydrogen-bond acceptors (Lipinski definition) is 7. The van der Waals surface area contributed by atoms with E-state index in [1.54, 1.807) is 18.2 Å². The van der Waals surface area contributed by atoms with Crippen molar-refractivity contribution in [3.63, 3.8) is 0 Å². The van der Waals surface area contributed by atoms with Crippen LogP contribution in [0, 0.1) is 0 Å². The van der Waals surface area contributed by atoms with E-state index in [4.69, 9.17) is 9.26 Å². The van der Waals surface area contributed by atoms with Gasteiger partial charge in [-0.05, 0) is 24.6 Å². The van der Waals surface area contributed by atoms with Crippen LogP contribution in [0.1, 0.15) is 16.8 Å². The second kappa shape index (κ2) is 7.91. The molecule has 0 spiro atoms. The first-order chi connectivity index (χ1) is 14.3. The SMILES string of the molecule is CN(C(=O)COC(=O)c1ccc2noc(-c3ccccc3)c2c1)[C@@H]1CCS(=O)(=O)C1. The highest BCUT2D eigenvalue weighted by molar-refractivity contribution is 7.91. The first-order valence-corrected chi connectivity index (χ1v) is 11.2. The topological polar surface area (TPSA) is 107 Å². The normalized spacial score (nSPS) is 17.7. The van der Waals surface area contributed by atoms with Gasteiger partial charge in [0.15, 0.2) is 22.2 Å². The van der Waals surface area contributed by atoms with E-state index in [0.29, 0.717) is 23.1 Å². The van der Waals surface area contributed by atoms with Crippen molar-refractivity contribution in [2.24, 2.45) is 0 Å². The average Bonchev–Trinajstić information content (AvgIpc) is 3.34. The molecule has 1 amide bonds. The first-order valence-electron chi connectivity index (χ1n) is 9.42. The number of likely N-dealkylation sites (N-methyl/N-ethyl adjacent to an activating group) is 1. The Hall–Kier alpha value is -3.20. The number of nitrogens with zero attached hydrogens (tertiary/aromatic N) is 2. The smallest absolute Gasteiger partial charge is 0.338 e. The average molecular weight is 428 g/mol. The van der Waals surface area contributed by atoms with Crippen molar-refractivity contribution >= 4 is 32.6 Å². The summed E-state index contributed by atoms with van der Waals surface area (Å²) in [6, 6.07) is 13.8. The predicted molar refractivity (Wildman–Crippen MR) is 110 cm³/mol. The summed E-state index contributed by atoms with van der Waals surface area (Å²) in [5.41, 5.74) is 1.69. The summed E-state index contributed by atoms with van der Waals surface area (Å²) in [6.45, 7) is -0.459. The van der Waals surface area contributed by atoms with Crippen LogP contribution in [0.5, 0.6) is 0 Å². The molecule has 0 N–H and O–H groups in total. The van der Waals surface area contributed by atoms with E-state index < -0.39 is 28.3 Å². The molecule has 1 aliphatic rings. The molecule has 0 unspecified atom stereocenters. The Morgan fingerprint density at radius 2 is 1.97 bits per heavy atom. The molecule has 30 heavy (non-hydrogen) atoms. The van der Waals surface area contributed by atoms with Crippen molar-refractivity contribution in [1.82, 2.24) is 10.1 Å². The van der Waals surface area contributed by atoms with Crippen LogP contribution in [-0.2, 0) is 19.4 Å². The van der Waals surface area contributed by atoms with Crippen LogP contribution in [0.2, 0.25) is 0 Å². The monoisotopic (exact) mass is 428 g/mol. The summed E-state index contributed by atoms with van der Waals surface area (Å²) < 4.78 is 33.8. The number of ether oxygens (including phenoxy) is 1. The maximum absolute atomic E-state index is 12.5. The maximum Gasteiger partial charge on any atom is 0.338 e. The lowest BCUT2D eigenvalue weighted by Gasteiger charge is -2.23. The van der Waals surface area contributed by atoms with Crippen LogP contribution in [0.3, 0.4) is 0 Å². The summed E-state index contributed by atoms with van der Waals surface area (Å²) in [5.74, 6) is -0.550. The van der Waals surface area contributed by atoms with E-state index >= 15 is 0 Å². The van der Waals surface area contributed by atoms with Gasteiger partial charge in [0.05, 0.1) is 22.5 Å². The molecule has 1 aromatic heterocycles. The lowest BCUT2D eigenvalue weighted by molar-refractivity contribution is -0.134. The van der Waals surface area contributed by atoms with Gasteiger partial charge in [-0.3, -0.25) is 4.79 Å². The molecule has 0 bridgehead atoms. The number of carbonyl (C=O) groups is 2. The number of carbonyl (C=O) groups excluding carboxylic acids is 2. The lowest BCUT2D eigenvalue weighted by atomic mass is 10.1. The van der Waals surface area contributed by atoms with Gasteiger partial charge in [0.1, 0.15) is 5.52 Å². The molecule has 2 aromatic carbocycles.